The molecule has 3 rings (SSSR count). The van der Waals surface area contributed by atoms with E-state index in [-0.39, 0.29) is 0 Å². The summed E-state index contributed by atoms with van der Waals surface area (Å²) >= 11 is 2.08. The van der Waals surface area contributed by atoms with Gasteiger partial charge in [-0.2, -0.15) is 0 Å². The topological polar surface area (TPSA) is 15.3 Å². The van der Waals surface area contributed by atoms with Crippen molar-refractivity contribution in [3.05, 3.63) is 29.8 Å². The van der Waals surface area contributed by atoms with E-state index in [4.69, 9.17) is 0 Å². The first-order valence-electron chi connectivity index (χ1n) is 8.23. The lowest BCUT2D eigenvalue weighted by molar-refractivity contribution is 0.197. The number of nitrogens with zero attached hydrogens (tertiary/aromatic N) is 1. The minimum Gasteiger partial charge on any atom is -0.312 e. The van der Waals surface area contributed by atoms with E-state index >= 15 is 0 Å². The summed E-state index contributed by atoms with van der Waals surface area (Å²) in [6.07, 6.45) is 2.52. The molecule has 1 fully saturated rings. The van der Waals surface area contributed by atoms with Crippen LogP contribution < -0.4 is 5.32 Å². The SMILES string of the molecule is CC(C)(C)C1CN(CC2Cc3ccccc3S2)CCCN1. The fourth-order valence-electron chi connectivity index (χ4n) is 3.38. The normalized spacial score (nSPS) is 27.4. The maximum Gasteiger partial charge on any atom is 0.0263 e. The highest BCUT2D eigenvalue weighted by atomic mass is 32.2. The van der Waals surface area contributed by atoms with Crippen LogP contribution in [0.15, 0.2) is 29.2 Å². The predicted octanol–water partition coefficient (Wildman–Crippen LogP) is 3.41. The summed E-state index contributed by atoms with van der Waals surface area (Å²) in [6, 6.07) is 9.52. The molecule has 1 saturated heterocycles. The van der Waals surface area contributed by atoms with Gasteiger partial charge in [-0.3, -0.25) is 0 Å². The van der Waals surface area contributed by atoms with Crippen molar-refractivity contribution in [1.82, 2.24) is 10.2 Å². The van der Waals surface area contributed by atoms with Crippen molar-refractivity contribution in [2.75, 3.05) is 26.2 Å². The van der Waals surface area contributed by atoms with Crippen LogP contribution in [0.25, 0.3) is 0 Å². The van der Waals surface area contributed by atoms with Gasteiger partial charge in [-0.1, -0.05) is 39.0 Å². The van der Waals surface area contributed by atoms with Gasteiger partial charge in [0.2, 0.25) is 0 Å². The Morgan fingerprint density at radius 3 is 2.86 bits per heavy atom. The minimum absolute atomic E-state index is 0.342. The lowest BCUT2D eigenvalue weighted by Crippen LogP contribution is -2.47. The van der Waals surface area contributed by atoms with Crippen LogP contribution in [0.4, 0.5) is 0 Å². The summed E-state index contributed by atoms with van der Waals surface area (Å²) in [5.41, 5.74) is 1.89. The van der Waals surface area contributed by atoms with E-state index in [1.807, 2.05) is 0 Å². The Kier molecular flexibility index (Phi) is 4.63. The number of fused-ring (bicyclic) bond motifs is 1. The molecule has 0 radical (unpaired) electrons. The van der Waals surface area contributed by atoms with Crippen molar-refractivity contribution in [3.63, 3.8) is 0 Å². The first kappa shape index (κ1) is 15.4. The molecule has 3 heteroatoms. The van der Waals surface area contributed by atoms with Crippen LogP contribution in [0, 0.1) is 5.41 Å². The largest absolute Gasteiger partial charge is 0.312 e. The molecule has 0 aliphatic carbocycles. The molecule has 2 heterocycles. The Labute approximate surface area is 133 Å². The van der Waals surface area contributed by atoms with Crippen LogP contribution in [0.1, 0.15) is 32.8 Å². The van der Waals surface area contributed by atoms with Gasteiger partial charge < -0.3 is 10.2 Å². The molecule has 1 aromatic rings. The smallest absolute Gasteiger partial charge is 0.0263 e. The number of hydrogen-bond acceptors (Lipinski definition) is 3. The maximum atomic E-state index is 3.75. The number of nitrogens with one attached hydrogen (secondary N) is 1. The van der Waals surface area contributed by atoms with Gasteiger partial charge in [0.25, 0.3) is 0 Å². The molecule has 0 aromatic heterocycles. The number of hydrogen-bond donors (Lipinski definition) is 1. The second-order valence-electron chi connectivity index (χ2n) is 7.54. The van der Waals surface area contributed by atoms with Gasteiger partial charge in [-0.05, 0) is 43.0 Å². The van der Waals surface area contributed by atoms with Crippen molar-refractivity contribution in [2.45, 2.75) is 49.8 Å². The number of benzene rings is 1. The summed E-state index contributed by atoms with van der Waals surface area (Å²) in [6.45, 7) is 11.9. The third kappa shape index (κ3) is 3.82. The molecule has 0 saturated carbocycles. The molecule has 116 valence electrons. The Morgan fingerprint density at radius 2 is 2.10 bits per heavy atom. The van der Waals surface area contributed by atoms with Gasteiger partial charge in [0.05, 0.1) is 0 Å². The van der Waals surface area contributed by atoms with E-state index < -0.39 is 0 Å². The average Bonchev–Trinajstić information content (AvgIpc) is 2.66. The molecule has 2 aliphatic heterocycles. The van der Waals surface area contributed by atoms with E-state index in [1.54, 1.807) is 5.56 Å². The first-order chi connectivity index (χ1) is 10.0. The molecule has 2 atom stereocenters. The number of thioether (sulfide) groups is 1. The molecule has 2 unspecified atom stereocenters. The molecule has 0 amide bonds. The Hall–Kier alpha value is -0.510. The van der Waals surface area contributed by atoms with E-state index in [0.29, 0.717) is 11.5 Å². The van der Waals surface area contributed by atoms with Gasteiger partial charge in [-0.25, -0.2) is 0 Å². The molecule has 21 heavy (non-hydrogen) atoms. The number of rotatable bonds is 2. The second-order valence-corrected chi connectivity index (χ2v) is 8.88. The fraction of sp³-hybridized carbons (Fsp3) is 0.667. The van der Waals surface area contributed by atoms with Crippen LogP contribution >= 0.6 is 11.8 Å². The lowest BCUT2D eigenvalue weighted by atomic mass is 9.86. The molecule has 1 aromatic carbocycles. The predicted molar refractivity (Wildman–Crippen MR) is 92.1 cm³/mol. The van der Waals surface area contributed by atoms with Gasteiger partial charge in [0.1, 0.15) is 0 Å². The second kappa shape index (κ2) is 6.31. The average molecular weight is 305 g/mol. The van der Waals surface area contributed by atoms with Crippen molar-refractivity contribution in [1.29, 1.82) is 0 Å². The van der Waals surface area contributed by atoms with Crippen molar-refractivity contribution >= 4 is 11.8 Å². The zero-order chi connectivity index (χ0) is 14.9. The fourth-order valence-corrected chi connectivity index (χ4v) is 4.75. The third-order valence-electron chi connectivity index (χ3n) is 4.70. The van der Waals surface area contributed by atoms with E-state index in [0.717, 1.165) is 11.8 Å². The molecule has 0 spiro atoms. The van der Waals surface area contributed by atoms with E-state index in [2.05, 4.69) is 67.0 Å². The first-order valence-corrected chi connectivity index (χ1v) is 9.10. The molecule has 0 bridgehead atoms. The van der Waals surface area contributed by atoms with Crippen LogP contribution in [-0.4, -0.2) is 42.4 Å². The quantitative estimate of drug-likeness (QED) is 0.901. The summed E-state index contributed by atoms with van der Waals surface area (Å²) < 4.78 is 0. The highest BCUT2D eigenvalue weighted by Crippen LogP contribution is 2.37. The zero-order valence-corrected chi connectivity index (χ0v) is 14.4. The lowest BCUT2D eigenvalue weighted by Gasteiger charge is -2.34. The van der Waals surface area contributed by atoms with Crippen molar-refractivity contribution in [3.8, 4) is 0 Å². The third-order valence-corrected chi connectivity index (χ3v) is 6.00. The van der Waals surface area contributed by atoms with Gasteiger partial charge in [0, 0.05) is 29.3 Å². The minimum atomic E-state index is 0.342. The Balaban J connectivity index is 1.60. The summed E-state index contributed by atoms with van der Waals surface area (Å²) in [5.74, 6) is 0. The molecular weight excluding hydrogens is 276 g/mol. The van der Waals surface area contributed by atoms with Crippen molar-refractivity contribution < 1.29 is 0 Å². The van der Waals surface area contributed by atoms with E-state index in [9.17, 15) is 0 Å². The zero-order valence-electron chi connectivity index (χ0n) is 13.6. The van der Waals surface area contributed by atoms with Crippen molar-refractivity contribution in [2.24, 2.45) is 5.41 Å². The molecule has 2 aliphatic rings. The Bertz CT molecular complexity index is 455. The highest BCUT2D eigenvalue weighted by Gasteiger charge is 2.30. The standard InChI is InChI=1S/C18H28N2S/c1-18(2,3)17-13-20(10-6-9-19-17)12-15-11-14-7-4-5-8-16(14)21-15/h4-5,7-8,15,17,19H,6,9-13H2,1-3H3. The van der Waals surface area contributed by atoms with Gasteiger partial charge in [0.15, 0.2) is 0 Å². The van der Waals surface area contributed by atoms with Crippen LogP contribution in [0.5, 0.6) is 0 Å². The monoisotopic (exact) mass is 304 g/mol. The van der Waals surface area contributed by atoms with Crippen LogP contribution in [0.2, 0.25) is 0 Å². The summed E-state index contributed by atoms with van der Waals surface area (Å²) in [4.78, 5) is 4.20. The molecule has 1 N–H and O–H groups in total. The van der Waals surface area contributed by atoms with Crippen LogP contribution in [-0.2, 0) is 6.42 Å². The maximum absolute atomic E-state index is 3.75. The Morgan fingerprint density at radius 1 is 1.29 bits per heavy atom. The molecular formula is C18H28N2S. The van der Waals surface area contributed by atoms with Gasteiger partial charge in [-0.15, -0.1) is 11.8 Å². The highest BCUT2D eigenvalue weighted by molar-refractivity contribution is 8.00. The van der Waals surface area contributed by atoms with Gasteiger partial charge >= 0.3 is 0 Å². The summed E-state index contributed by atoms with van der Waals surface area (Å²) in [7, 11) is 0. The summed E-state index contributed by atoms with van der Waals surface area (Å²) in [5, 5.41) is 4.48. The van der Waals surface area contributed by atoms with Crippen LogP contribution in [0.3, 0.4) is 0 Å². The van der Waals surface area contributed by atoms with E-state index in [1.165, 1.54) is 37.4 Å². The molecule has 2 nitrogen and oxygen atoms in total.